The van der Waals surface area contributed by atoms with Crippen LogP contribution in [0.25, 0.3) is 0 Å². The van der Waals surface area contributed by atoms with Crippen molar-refractivity contribution in [3.63, 3.8) is 0 Å². The van der Waals surface area contributed by atoms with Gasteiger partial charge in [0.2, 0.25) is 5.79 Å². The number of amides is 1. The van der Waals surface area contributed by atoms with Crippen LogP contribution in [0, 0.1) is 0 Å². The highest BCUT2D eigenvalue weighted by Crippen LogP contribution is 2.37. The molecular weight excluding hydrogens is 384 g/mol. The van der Waals surface area contributed by atoms with Crippen LogP contribution in [0.2, 0.25) is 0 Å². The molecule has 7 nitrogen and oxygen atoms in total. The average molecular weight is 419 g/mol. The number of rotatable bonds is 4. The SMILES string of the molecule is CCC1(c2cccc(OC(=O)N[C@@H]3C(=O)OC(C)(C)OC3C)c2)CCCCN(C)C1. The zero-order valence-corrected chi connectivity index (χ0v) is 18.7. The molecule has 0 saturated carbocycles. The highest BCUT2D eigenvalue weighted by atomic mass is 16.7. The van der Waals surface area contributed by atoms with Crippen molar-refractivity contribution in [2.75, 3.05) is 20.1 Å². The van der Waals surface area contributed by atoms with Crippen molar-refractivity contribution in [2.24, 2.45) is 0 Å². The fraction of sp³-hybridized carbons (Fsp3) is 0.652. The third-order valence-corrected chi connectivity index (χ3v) is 6.16. The second kappa shape index (κ2) is 8.94. The van der Waals surface area contributed by atoms with E-state index in [9.17, 15) is 9.59 Å². The molecule has 1 aromatic carbocycles. The molecule has 1 N–H and O–H groups in total. The Kier molecular flexibility index (Phi) is 6.72. The summed E-state index contributed by atoms with van der Waals surface area (Å²) in [5.74, 6) is -1.08. The predicted molar refractivity (Wildman–Crippen MR) is 113 cm³/mol. The lowest BCUT2D eigenvalue weighted by molar-refractivity contribution is -0.260. The van der Waals surface area contributed by atoms with Gasteiger partial charge in [0.1, 0.15) is 5.75 Å². The van der Waals surface area contributed by atoms with E-state index in [1.54, 1.807) is 26.8 Å². The van der Waals surface area contributed by atoms with Gasteiger partial charge < -0.3 is 24.4 Å². The van der Waals surface area contributed by atoms with E-state index in [2.05, 4.69) is 30.3 Å². The summed E-state index contributed by atoms with van der Waals surface area (Å²) in [6.45, 7) is 9.36. The molecule has 2 aliphatic rings. The summed E-state index contributed by atoms with van der Waals surface area (Å²) in [5, 5.41) is 2.58. The number of nitrogens with zero attached hydrogens (tertiary/aromatic N) is 1. The van der Waals surface area contributed by atoms with Crippen LogP contribution in [-0.2, 0) is 19.7 Å². The van der Waals surface area contributed by atoms with Gasteiger partial charge >= 0.3 is 12.1 Å². The third kappa shape index (κ3) is 5.13. The molecule has 3 rings (SSSR count). The molecule has 1 aromatic rings. The van der Waals surface area contributed by atoms with Gasteiger partial charge in [0, 0.05) is 25.8 Å². The van der Waals surface area contributed by atoms with Gasteiger partial charge in [-0.05, 0) is 57.5 Å². The molecular formula is C23H34N2O5. The molecule has 0 radical (unpaired) electrons. The monoisotopic (exact) mass is 418 g/mol. The number of carbonyl (C=O) groups is 2. The van der Waals surface area contributed by atoms with Crippen LogP contribution in [0.15, 0.2) is 24.3 Å². The molecule has 30 heavy (non-hydrogen) atoms. The number of benzene rings is 1. The summed E-state index contributed by atoms with van der Waals surface area (Å²) in [4.78, 5) is 27.1. The molecule has 0 aliphatic carbocycles. The van der Waals surface area contributed by atoms with Gasteiger partial charge in [0.15, 0.2) is 6.04 Å². The van der Waals surface area contributed by atoms with Gasteiger partial charge in [-0.3, -0.25) is 0 Å². The zero-order valence-electron chi connectivity index (χ0n) is 18.7. The van der Waals surface area contributed by atoms with Gasteiger partial charge in [-0.25, -0.2) is 9.59 Å². The van der Waals surface area contributed by atoms with Crippen LogP contribution in [0.3, 0.4) is 0 Å². The lowest BCUT2D eigenvalue weighted by Crippen LogP contribution is -2.58. The highest BCUT2D eigenvalue weighted by Gasteiger charge is 2.42. The van der Waals surface area contributed by atoms with Gasteiger partial charge in [-0.1, -0.05) is 25.5 Å². The summed E-state index contributed by atoms with van der Waals surface area (Å²) in [7, 11) is 2.16. The first-order valence-electron chi connectivity index (χ1n) is 10.8. The van der Waals surface area contributed by atoms with Gasteiger partial charge in [-0.15, -0.1) is 0 Å². The molecule has 2 fully saturated rings. The molecule has 0 bridgehead atoms. The molecule has 2 aliphatic heterocycles. The van der Waals surface area contributed by atoms with E-state index in [1.165, 1.54) is 18.4 Å². The first-order valence-corrected chi connectivity index (χ1v) is 10.8. The Morgan fingerprint density at radius 3 is 2.80 bits per heavy atom. The molecule has 166 valence electrons. The number of hydrogen-bond acceptors (Lipinski definition) is 6. The maximum atomic E-state index is 12.5. The molecule has 7 heteroatoms. The maximum Gasteiger partial charge on any atom is 0.413 e. The number of cyclic esters (lactones) is 1. The number of carbonyl (C=O) groups excluding carboxylic acids is 2. The summed E-state index contributed by atoms with van der Waals surface area (Å²) in [6.07, 6.45) is 3.29. The molecule has 1 amide bonds. The standard InChI is InChI=1S/C23H34N2O5/c1-6-23(12-7-8-13-25(5)15-23)17-10-9-11-18(14-17)28-21(27)24-19-16(2)29-22(3,4)30-20(19)26/h9-11,14,16,19H,6-8,12-13,15H2,1-5H3,(H,24,27)/t16?,19-,23?/m0/s1. The fourth-order valence-corrected chi connectivity index (χ4v) is 4.61. The largest absolute Gasteiger partial charge is 0.432 e. The van der Waals surface area contributed by atoms with E-state index >= 15 is 0 Å². The average Bonchev–Trinajstić information content (AvgIpc) is 2.86. The number of likely N-dealkylation sites (N-methyl/N-ethyl adjacent to an activating group) is 1. The van der Waals surface area contributed by atoms with Gasteiger partial charge in [0.05, 0.1) is 6.10 Å². The van der Waals surface area contributed by atoms with Crippen molar-refractivity contribution in [2.45, 2.75) is 76.7 Å². The highest BCUT2D eigenvalue weighted by molar-refractivity contribution is 5.83. The lowest BCUT2D eigenvalue weighted by atomic mass is 9.74. The number of hydrogen-bond donors (Lipinski definition) is 1. The molecule has 0 spiro atoms. The first kappa shape index (κ1) is 22.6. The van der Waals surface area contributed by atoms with Crippen LogP contribution >= 0.6 is 0 Å². The van der Waals surface area contributed by atoms with Crippen LogP contribution in [0.4, 0.5) is 4.79 Å². The lowest BCUT2D eigenvalue weighted by Gasteiger charge is -2.38. The normalized spacial score (nSPS) is 29.6. The van der Waals surface area contributed by atoms with E-state index in [4.69, 9.17) is 14.2 Å². The second-order valence-electron chi connectivity index (χ2n) is 9.01. The Labute approximate surface area is 179 Å². The quantitative estimate of drug-likeness (QED) is 0.753. The van der Waals surface area contributed by atoms with E-state index in [0.29, 0.717) is 5.75 Å². The van der Waals surface area contributed by atoms with E-state index in [1.807, 2.05) is 12.1 Å². The molecule has 0 aromatic heterocycles. The Morgan fingerprint density at radius 2 is 2.10 bits per heavy atom. The fourth-order valence-electron chi connectivity index (χ4n) is 4.61. The number of likely N-dealkylation sites (tertiary alicyclic amines) is 1. The Balaban J connectivity index is 1.70. The topological polar surface area (TPSA) is 77.1 Å². The summed E-state index contributed by atoms with van der Waals surface area (Å²) >= 11 is 0. The van der Waals surface area contributed by atoms with Gasteiger partial charge in [0.25, 0.3) is 0 Å². The minimum absolute atomic E-state index is 0.0439. The molecule has 2 saturated heterocycles. The smallest absolute Gasteiger partial charge is 0.413 e. The summed E-state index contributed by atoms with van der Waals surface area (Å²) in [6, 6.07) is 6.83. The number of nitrogens with one attached hydrogen (secondary N) is 1. The van der Waals surface area contributed by atoms with Crippen molar-refractivity contribution in [3.8, 4) is 5.75 Å². The van der Waals surface area contributed by atoms with E-state index in [-0.39, 0.29) is 5.41 Å². The van der Waals surface area contributed by atoms with Crippen molar-refractivity contribution < 1.29 is 23.8 Å². The summed E-state index contributed by atoms with van der Waals surface area (Å²) in [5.41, 5.74) is 1.22. The second-order valence-corrected chi connectivity index (χ2v) is 9.01. The first-order chi connectivity index (χ1) is 14.1. The van der Waals surface area contributed by atoms with Crippen molar-refractivity contribution >= 4 is 12.1 Å². The van der Waals surface area contributed by atoms with Crippen LogP contribution in [0.5, 0.6) is 5.75 Å². The molecule has 3 atom stereocenters. The molecule has 2 unspecified atom stereocenters. The Morgan fingerprint density at radius 1 is 1.33 bits per heavy atom. The minimum Gasteiger partial charge on any atom is -0.432 e. The maximum absolute atomic E-state index is 12.5. The van der Waals surface area contributed by atoms with Crippen LogP contribution < -0.4 is 10.1 Å². The minimum atomic E-state index is -1.01. The van der Waals surface area contributed by atoms with E-state index in [0.717, 1.165) is 25.9 Å². The van der Waals surface area contributed by atoms with Crippen LogP contribution in [0.1, 0.15) is 58.9 Å². The Hall–Kier alpha value is -2.12. The predicted octanol–water partition coefficient (Wildman–Crippen LogP) is 3.61. The number of esters is 1. The summed E-state index contributed by atoms with van der Waals surface area (Å²) < 4.78 is 16.4. The third-order valence-electron chi connectivity index (χ3n) is 6.16. The van der Waals surface area contributed by atoms with Gasteiger partial charge in [-0.2, -0.15) is 0 Å². The Bertz CT molecular complexity index is 781. The van der Waals surface area contributed by atoms with Crippen molar-refractivity contribution in [3.05, 3.63) is 29.8 Å². The van der Waals surface area contributed by atoms with Crippen molar-refractivity contribution in [1.29, 1.82) is 0 Å². The molecule has 2 heterocycles. The van der Waals surface area contributed by atoms with Crippen molar-refractivity contribution in [1.82, 2.24) is 10.2 Å². The van der Waals surface area contributed by atoms with Crippen LogP contribution in [-0.4, -0.2) is 55.0 Å². The number of ether oxygens (including phenoxy) is 3. The van der Waals surface area contributed by atoms with E-state index < -0.39 is 30.0 Å². The zero-order chi connectivity index (χ0) is 21.9.